The molecular weight excluding hydrogens is 186 g/mol. The molecule has 1 aromatic heterocycles. The lowest BCUT2D eigenvalue weighted by Crippen LogP contribution is -1.91. The molecule has 1 radical (unpaired) electrons. The van der Waals surface area contributed by atoms with Gasteiger partial charge in [-0.15, -0.1) is 0 Å². The number of benzene rings is 1. The van der Waals surface area contributed by atoms with Crippen molar-refractivity contribution in [1.29, 1.82) is 5.26 Å². The molecule has 0 amide bonds. The van der Waals surface area contributed by atoms with Crippen LogP contribution in [-0.2, 0) is 0 Å². The first kappa shape index (κ1) is 9.22. The SMILES string of the molecule is N#Cc1cccc(-c2[c]ccc(N)n2)c1. The van der Waals surface area contributed by atoms with Gasteiger partial charge in [0.25, 0.3) is 0 Å². The number of hydrogen-bond donors (Lipinski definition) is 1. The van der Waals surface area contributed by atoms with Crippen LogP contribution in [0.4, 0.5) is 5.82 Å². The first-order chi connectivity index (χ1) is 7.29. The first-order valence-electron chi connectivity index (χ1n) is 4.44. The third kappa shape index (κ3) is 1.94. The minimum absolute atomic E-state index is 0.450. The largest absolute Gasteiger partial charge is 0.384 e. The van der Waals surface area contributed by atoms with Crippen LogP contribution in [-0.4, -0.2) is 4.98 Å². The monoisotopic (exact) mass is 194 g/mol. The molecule has 0 atom stereocenters. The Hall–Kier alpha value is -2.34. The molecule has 3 nitrogen and oxygen atoms in total. The summed E-state index contributed by atoms with van der Waals surface area (Å²) in [7, 11) is 0. The molecule has 0 saturated carbocycles. The second kappa shape index (κ2) is 3.81. The highest BCUT2D eigenvalue weighted by molar-refractivity contribution is 5.62. The highest BCUT2D eigenvalue weighted by atomic mass is 14.8. The molecule has 3 heteroatoms. The lowest BCUT2D eigenvalue weighted by Gasteiger charge is -2.01. The fourth-order valence-corrected chi connectivity index (χ4v) is 1.29. The van der Waals surface area contributed by atoms with Crippen LogP contribution < -0.4 is 5.73 Å². The Morgan fingerprint density at radius 2 is 2.20 bits per heavy atom. The molecule has 2 N–H and O–H groups in total. The molecule has 2 rings (SSSR count). The summed E-state index contributed by atoms with van der Waals surface area (Å²) in [5.41, 5.74) is 7.68. The van der Waals surface area contributed by atoms with Gasteiger partial charge in [0, 0.05) is 11.6 Å². The Morgan fingerprint density at radius 3 is 2.93 bits per heavy atom. The Kier molecular flexibility index (Phi) is 2.34. The van der Waals surface area contributed by atoms with Crippen LogP contribution in [0.1, 0.15) is 5.56 Å². The quantitative estimate of drug-likeness (QED) is 0.755. The summed E-state index contributed by atoms with van der Waals surface area (Å²) < 4.78 is 0. The molecule has 2 aromatic rings. The van der Waals surface area contributed by atoms with Gasteiger partial charge in [-0.25, -0.2) is 4.98 Å². The van der Waals surface area contributed by atoms with Crippen molar-refractivity contribution in [1.82, 2.24) is 4.98 Å². The molecule has 0 spiro atoms. The minimum Gasteiger partial charge on any atom is -0.384 e. The number of rotatable bonds is 1. The number of nitrogens with zero attached hydrogens (tertiary/aromatic N) is 2. The number of nitrogens with two attached hydrogens (primary N) is 1. The zero-order chi connectivity index (χ0) is 10.7. The van der Waals surface area contributed by atoms with Gasteiger partial charge in [-0.05, 0) is 24.3 Å². The molecule has 0 unspecified atom stereocenters. The van der Waals surface area contributed by atoms with E-state index in [9.17, 15) is 0 Å². The molecular formula is C12H8N3. The van der Waals surface area contributed by atoms with E-state index in [1.165, 1.54) is 0 Å². The number of nitrogen functional groups attached to an aromatic ring is 1. The molecule has 0 aliphatic heterocycles. The van der Waals surface area contributed by atoms with Crippen molar-refractivity contribution in [2.24, 2.45) is 0 Å². The van der Waals surface area contributed by atoms with Crippen LogP contribution in [0.5, 0.6) is 0 Å². The van der Waals surface area contributed by atoms with Gasteiger partial charge in [-0.2, -0.15) is 5.26 Å². The van der Waals surface area contributed by atoms with Crippen molar-refractivity contribution in [2.75, 3.05) is 5.73 Å². The van der Waals surface area contributed by atoms with Crippen molar-refractivity contribution >= 4 is 5.82 Å². The van der Waals surface area contributed by atoms with Gasteiger partial charge >= 0.3 is 0 Å². The van der Waals surface area contributed by atoms with E-state index in [0.29, 0.717) is 17.1 Å². The summed E-state index contributed by atoms with van der Waals surface area (Å²) in [4.78, 5) is 4.13. The van der Waals surface area contributed by atoms with Crippen molar-refractivity contribution < 1.29 is 0 Å². The Labute approximate surface area is 87.8 Å². The highest BCUT2D eigenvalue weighted by Crippen LogP contribution is 2.18. The van der Waals surface area contributed by atoms with E-state index >= 15 is 0 Å². The normalized spacial score (nSPS) is 9.53. The fraction of sp³-hybridized carbons (Fsp3) is 0. The highest BCUT2D eigenvalue weighted by Gasteiger charge is 2.00. The topological polar surface area (TPSA) is 62.7 Å². The number of hydrogen-bond acceptors (Lipinski definition) is 3. The first-order valence-corrected chi connectivity index (χ1v) is 4.44. The van der Waals surface area contributed by atoms with Crippen LogP contribution in [0.15, 0.2) is 36.4 Å². The van der Waals surface area contributed by atoms with Gasteiger partial charge in [0.15, 0.2) is 0 Å². The Morgan fingerprint density at radius 1 is 1.33 bits per heavy atom. The summed E-state index contributed by atoms with van der Waals surface area (Å²) in [5, 5.41) is 8.76. The van der Waals surface area contributed by atoms with Crippen molar-refractivity contribution in [3.63, 3.8) is 0 Å². The number of anilines is 1. The standard InChI is InChI=1S/C12H8N3/c13-8-9-3-1-4-10(7-9)11-5-2-6-12(14)15-11/h1-4,6-7H,(H2,14,15). The summed E-state index contributed by atoms with van der Waals surface area (Å²) in [6.45, 7) is 0. The van der Waals surface area contributed by atoms with Crippen LogP contribution >= 0.6 is 0 Å². The van der Waals surface area contributed by atoms with E-state index in [4.69, 9.17) is 11.0 Å². The third-order valence-corrected chi connectivity index (χ3v) is 1.98. The van der Waals surface area contributed by atoms with E-state index in [1.54, 1.807) is 24.3 Å². The van der Waals surface area contributed by atoms with Crippen LogP contribution in [0.2, 0.25) is 0 Å². The summed E-state index contributed by atoms with van der Waals surface area (Å²) in [6, 6.07) is 15.6. The average molecular weight is 194 g/mol. The molecule has 0 aliphatic rings. The molecule has 15 heavy (non-hydrogen) atoms. The third-order valence-electron chi connectivity index (χ3n) is 1.98. The molecule has 1 heterocycles. The number of aromatic nitrogens is 1. The van der Waals surface area contributed by atoms with E-state index < -0.39 is 0 Å². The van der Waals surface area contributed by atoms with Crippen LogP contribution in [0.3, 0.4) is 0 Å². The van der Waals surface area contributed by atoms with Gasteiger partial charge in [0.2, 0.25) is 0 Å². The minimum atomic E-state index is 0.450. The van der Waals surface area contributed by atoms with Crippen LogP contribution in [0.25, 0.3) is 11.3 Å². The van der Waals surface area contributed by atoms with Gasteiger partial charge < -0.3 is 5.73 Å². The van der Waals surface area contributed by atoms with E-state index in [0.717, 1.165) is 5.56 Å². The van der Waals surface area contributed by atoms with Crippen molar-refractivity contribution in [3.8, 4) is 17.3 Å². The van der Waals surface area contributed by atoms with Crippen LogP contribution in [0, 0.1) is 17.4 Å². The molecule has 0 saturated heterocycles. The zero-order valence-electron chi connectivity index (χ0n) is 7.94. The summed E-state index contributed by atoms with van der Waals surface area (Å²) >= 11 is 0. The molecule has 0 fully saturated rings. The molecule has 0 bridgehead atoms. The predicted octanol–water partition coefficient (Wildman–Crippen LogP) is 2.00. The maximum Gasteiger partial charge on any atom is 0.124 e. The maximum atomic E-state index is 8.76. The lowest BCUT2D eigenvalue weighted by molar-refractivity contribution is 1.32. The predicted molar refractivity (Wildman–Crippen MR) is 57.6 cm³/mol. The fourth-order valence-electron chi connectivity index (χ4n) is 1.29. The molecule has 0 aliphatic carbocycles. The maximum absolute atomic E-state index is 8.76. The Bertz CT molecular complexity index is 526. The number of pyridine rings is 1. The molecule has 1 aromatic carbocycles. The van der Waals surface area contributed by atoms with Gasteiger partial charge in [-0.3, -0.25) is 0 Å². The number of nitriles is 1. The molecule has 71 valence electrons. The van der Waals surface area contributed by atoms with E-state index in [1.807, 2.05) is 12.1 Å². The average Bonchev–Trinajstić information content (AvgIpc) is 2.29. The lowest BCUT2D eigenvalue weighted by atomic mass is 10.1. The van der Waals surface area contributed by atoms with E-state index in [-0.39, 0.29) is 0 Å². The Balaban J connectivity index is 2.50. The second-order valence-corrected chi connectivity index (χ2v) is 3.06. The summed E-state index contributed by atoms with van der Waals surface area (Å²) in [5.74, 6) is 0.450. The van der Waals surface area contributed by atoms with Gasteiger partial charge in [-0.1, -0.05) is 12.1 Å². The van der Waals surface area contributed by atoms with Gasteiger partial charge in [0.05, 0.1) is 17.3 Å². The zero-order valence-corrected chi connectivity index (χ0v) is 7.94. The summed E-state index contributed by atoms with van der Waals surface area (Å²) in [6.07, 6.45) is 0. The van der Waals surface area contributed by atoms with Gasteiger partial charge in [0.1, 0.15) is 5.82 Å². The second-order valence-electron chi connectivity index (χ2n) is 3.06. The van der Waals surface area contributed by atoms with Crippen molar-refractivity contribution in [2.45, 2.75) is 0 Å². The smallest absolute Gasteiger partial charge is 0.124 e. The van der Waals surface area contributed by atoms with E-state index in [2.05, 4.69) is 17.1 Å². The van der Waals surface area contributed by atoms with Crippen molar-refractivity contribution in [3.05, 3.63) is 48.0 Å².